The average molecular weight is 272 g/mol. The Kier molecular flexibility index (Phi) is 4.01. The summed E-state index contributed by atoms with van der Waals surface area (Å²) in [6.45, 7) is 11.2. The van der Waals surface area contributed by atoms with Crippen molar-refractivity contribution >= 4 is 5.82 Å². The van der Waals surface area contributed by atoms with Gasteiger partial charge in [-0.1, -0.05) is 6.08 Å². The maximum atomic E-state index is 4.77. The van der Waals surface area contributed by atoms with Crippen LogP contribution in [0.4, 0.5) is 5.82 Å². The fraction of sp³-hybridized carbons (Fsp3) is 0.625. The van der Waals surface area contributed by atoms with Crippen molar-refractivity contribution in [2.45, 2.75) is 39.2 Å². The minimum Gasteiger partial charge on any atom is -0.356 e. The van der Waals surface area contributed by atoms with Crippen molar-refractivity contribution in [2.75, 3.05) is 31.1 Å². The zero-order valence-corrected chi connectivity index (χ0v) is 12.4. The van der Waals surface area contributed by atoms with Crippen LogP contribution in [0.15, 0.2) is 12.7 Å². The van der Waals surface area contributed by atoms with E-state index in [0.717, 1.165) is 45.0 Å². The van der Waals surface area contributed by atoms with Crippen molar-refractivity contribution < 1.29 is 0 Å². The van der Waals surface area contributed by atoms with Crippen LogP contribution in [0.2, 0.25) is 0 Å². The lowest BCUT2D eigenvalue weighted by Gasteiger charge is -2.34. The Morgan fingerprint density at radius 1 is 1.15 bits per heavy atom. The first-order valence-electron chi connectivity index (χ1n) is 7.72. The molecule has 2 aliphatic rings. The van der Waals surface area contributed by atoms with Crippen LogP contribution >= 0.6 is 0 Å². The minimum atomic E-state index is 0.918. The Hall–Kier alpha value is -1.42. The van der Waals surface area contributed by atoms with E-state index >= 15 is 0 Å². The number of rotatable bonds is 3. The Balaban J connectivity index is 1.92. The number of fused-ring (bicyclic) bond motifs is 1. The van der Waals surface area contributed by atoms with Gasteiger partial charge in [-0.15, -0.1) is 6.58 Å². The zero-order valence-electron chi connectivity index (χ0n) is 12.4. The third-order valence-corrected chi connectivity index (χ3v) is 4.27. The number of hydrogen-bond donors (Lipinski definition) is 0. The Morgan fingerprint density at radius 2 is 1.95 bits per heavy atom. The van der Waals surface area contributed by atoms with Crippen molar-refractivity contribution in [3.63, 3.8) is 0 Å². The van der Waals surface area contributed by atoms with Gasteiger partial charge in [0, 0.05) is 44.7 Å². The van der Waals surface area contributed by atoms with Crippen LogP contribution in [-0.2, 0) is 13.0 Å². The van der Waals surface area contributed by atoms with E-state index < -0.39 is 0 Å². The first kappa shape index (κ1) is 13.6. The molecule has 0 amide bonds. The molecule has 0 radical (unpaired) electrons. The predicted molar refractivity (Wildman–Crippen MR) is 82.0 cm³/mol. The fourth-order valence-corrected chi connectivity index (χ4v) is 3.28. The van der Waals surface area contributed by atoms with Gasteiger partial charge < -0.3 is 4.90 Å². The summed E-state index contributed by atoms with van der Waals surface area (Å²) in [4.78, 5) is 14.3. The van der Waals surface area contributed by atoms with E-state index in [0.29, 0.717) is 0 Å². The predicted octanol–water partition coefficient (Wildman–Crippen LogP) is 2.32. The van der Waals surface area contributed by atoms with Gasteiger partial charge in [0.1, 0.15) is 11.6 Å². The molecule has 4 heteroatoms. The summed E-state index contributed by atoms with van der Waals surface area (Å²) in [5.74, 6) is 2.11. The van der Waals surface area contributed by atoms with E-state index in [9.17, 15) is 0 Å². The number of hydrogen-bond acceptors (Lipinski definition) is 4. The van der Waals surface area contributed by atoms with Gasteiger partial charge >= 0.3 is 0 Å². The number of piperidine rings is 1. The Labute approximate surface area is 121 Å². The van der Waals surface area contributed by atoms with E-state index in [-0.39, 0.29) is 0 Å². The van der Waals surface area contributed by atoms with Crippen molar-refractivity contribution in [2.24, 2.45) is 0 Å². The highest BCUT2D eigenvalue weighted by molar-refractivity contribution is 5.50. The van der Waals surface area contributed by atoms with E-state index in [4.69, 9.17) is 4.98 Å². The number of nitrogens with zero attached hydrogens (tertiary/aromatic N) is 4. The lowest BCUT2D eigenvalue weighted by Crippen LogP contribution is -2.36. The Morgan fingerprint density at radius 3 is 2.70 bits per heavy atom. The molecule has 1 fully saturated rings. The van der Waals surface area contributed by atoms with E-state index in [1.807, 2.05) is 13.0 Å². The molecule has 1 aromatic rings. The van der Waals surface area contributed by atoms with Crippen molar-refractivity contribution in [3.05, 3.63) is 29.7 Å². The standard InChI is InChI=1S/C16H24N4/c1-3-8-19-11-7-15-14(12-19)16(18-13(2)17-15)20-9-5-4-6-10-20/h3H,1,4-12H2,2H3. The summed E-state index contributed by atoms with van der Waals surface area (Å²) in [6.07, 6.45) is 6.95. The smallest absolute Gasteiger partial charge is 0.137 e. The second-order valence-corrected chi connectivity index (χ2v) is 5.84. The second-order valence-electron chi connectivity index (χ2n) is 5.84. The normalized spacial score (nSPS) is 19.8. The summed E-state index contributed by atoms with van der Waals surface area (Å²) < 4.78 is 0. The summed E-state index contributed by atoms with van der Waals surface area (Å²) in [5, 5.41) is 0. The maximum Gasteiger partial charge on any atom is 0.137 e. The number of aromatic nitrogens is 2. The first-order chi connectivity index (χ1) is 9.78. The molecule has 3 heterocycles. The zero-order chi connectivity index (χ0) is 13.9. The lowest BCUT2D eigenvalue weighted by molar-refractivity contribution is 0.278. The molecule has 2 aliphatic heterocycles. The molecular weight excluding hydrogens is 248 g/mol. The van der Waals surface area contributed by atoms with Gasteiger partial charge in [-0.2, -0.15) is 0 Å². The molecular formula is C16H24N4. The van der Waals surface area contributed by atoms with Gasteiger partial charge in [0.25, 0.3) is 0 Å². The van der Waals surface area contributed by atoms with Crippen LogP contribution in [0.5, 0.6) is 0 Å². The van der Waals surface area contributed by atoms with E-state index in [1.54, 1.807) is 0 Å². The topological polar surface area (TPSA) is 32.3 Å². The van der Waals surface area contributed by atoms with Gasteiger partial charge in [0.05, 0.1) is 5.69 Å². The van der Waals surface area contributed by atoms with Crippen molar-refractivity contribution in [1.29, 1.82) is 0 Å². The molecule has 0 aromatic carbocycles. The molecule has 0 bridgehead atoms. The maximum absolute atomic E-state index is 4.77. The third-order valence-electron chi connectivity index (χ3n) is 4.27. The van der Waals surface area contributed by atoms with Crippen LogP contribution in [0.25, 0.3) is 0 Å². The van der Waals surface area contributed by atoms with Crippen molar-refractivity contribution in [1.82, 2.24) is 14.9 Å². The van der Waals surface area contributed by atoms with E-state index in [1.165, 1.54) is 36.3 Å². The van der Waals surface area contributed by atoms with Gasteiger partial charge in [0.2, 0.25) is 0 Å². The summed E-state index contributed by atoms with van der Waals surface area (Å²) in [6, 6.07) is 0. The summed E-state index contributed by atoms with van der Waals surface area (Å²) in [5.41, 5.74) is 2.61. The molecule has 0 N–H and O–H groups in total. The van der Waals surface area contributed by atoms with Crippen molar-refractivity contribution in [3.8, 4) is 0 Å². The molecule has 1 aromatic heterocycles. The highest BCUT2D eigenvalue weighted by Crippen LogP contribution is 2.28. The van der Waals surface area contributed by atoms with Crippen LogP contribution in [0.1, 0.15) is 36.3 Å². The lowest BCUT2D eigenvalue weighted by atomic mass is 10.0. The van der Waals surface area contributed by atoms with Crippen LogP contribution in [0, 0.1) is 6.92 Å². The van der Waals surface area contributed by atoms with Gasteiger partial charge in [-0.3, -0.25) is 4.90 Å². The molecule has 0 aliphatic carbocycles. The summed E-state index contributed by atoms with van der Waals surface area (Å²) in [7, 11) is 0. The first-order valence-corrected chi connectivity index (χ1v) is 7.72. The molecule has 1 saturated heterocycles. The van der Waals surface area contributed by atoms with E-state index in [2.05, 4.69) is 21.4 Å². The van der Waals surface area contributed by atoms with Crippen LogP contribution in [0.3, 0.4) is 0 Å². The number of anilines is 1. The number of aryl methyl sites for hydroxylation is 1. The third kappa shape index (κ3) is 2.70. The molecule has 0 spiro atoms. The molecule has 0 unspecified atom stereocenters. The molecule has 108 valence electrons. The Bertz CT molecular complexity index is 491. The van der Waals surface area contributed by atoms with Crippen LogP contribution < -0.4 is 4.90 Å². The monoisotopic (exact) mass is 272 g/mol. The fourth-order valence-electron chi connectivity index (χ4n) is 3.28. The largest absolute Gasteiger partial charge is 0.356 e. The molecule has 0 saturated carbocycles. The average Bonchev–Trinajstić information content (AvgIpc) is 2.48. The molecule has 20 heavy (non-hydrogen) atoms. The van der Waals surface area contributed by atoms with Crippen LogP contribution in [-0.4, -0.2) is 41.0 Å². The van der Waals surface area contributed by atoms with Gasteiger partial charge in [-0.05, 0) is 26.2 Å². The highest BCUT2D eigenvalue weighted by atomic mass is 15.2. The highest BCUT2D eigenvalue weighted by Gasteiger charge is 2.24. The molecule has 4 nitrogen and oxygen atoms in total. The minimum absolute atomic E-state index is 0.918. The molecule has 0 atom stereocenters. The quantitative estimate of drug-likeness (QED) is 0.791. The van der Waals surface area contributed by atoms with Gasteiger partial charge in [0.15, 0.2) is 0 Å². The van der Waals surface area contributed by atoms with Gasteiger partial charge in [-0.25, -0.2) is 9.97 Å². The summed E-state index contributed by atoms with van der Waals surface area (Å²) >= 11 is 0. The second kappa shape index (κ2) is 5.92. The molecule has 3 rings (SSSR count). The SMILES string of the molecule is C=CCN1CCc2nc(C)nc(N3CCCCC3)c2C1.